The van der Waals surface area contributed by atoms with Gasteiger partial charge in [0.25, 0.3) is 5.89 Å². The quantitative estimate of drug-likeness (QED) is 0.514. The number of carbonyl (C=O) groups is 1. The Bertz CT molecular complexity index is 1280. The number of pyridine rings is 1. The van der Waals surface area contributed by atoms with Crippen molar-refractivity contribution in [1.82, 2.24) is 20.4 Å². The number of aromatic nitrogens is 3. The highest BCUT2D eigenvalue weighted by Gasteiger charge is 2.40. The summed E-state index contributed by atoms with van der Waals surface area (Å²) in [6.07, 6.45) is 2.01. The van der Waals surface area contributed by atoms with Gasteiger partial charge in [-0.2, -0.15) is 4.98 Å². The molecular weight excluding hydrogens is 392 g/mol. The van der Waals surface area contributed by atoms with E-state index in [1.165, 1.54) is 0 Å². The largest absolute Gasteiger partial charge is 0.433 e. The summed E-state index contributed by atoms with van der Waals surface area (Å²) in [5.74, 6) is 6.88. The molecule has 1 fully saturated rings. The zero-order valence-corrected chi connectivity index (χ0v) is 16.2. The first-order chi connectivity index (χ1) is 15.3. The third-order valence-corrected chi connectivity index (χ3v) is 4.79. The SMILES string of the molecule is O=C1N[C@H](c2cccc(C#Cc3ccccc3)c2)[C@@H](c2nc(-c3cccnc3)no2)O1. The summed E-state index contributed by atoms with van der Waals surface area (Å²) in [7, 11) is 0. The van der Waals surface area contributed by atoms with E-state index in [2.05, 4.69) is 32.3 Å². The predicted molar refractivity (Wildman–Crippen MR) is 111 cm³/mol. The minimum Gasteiger partial charge on any atom is -0.433 e. The number of hydrogen-bond acceptors (Lipinski definition) is 6. The van der Waals surface area contributed by atoms with Crippen LogP contribution in [0.15, 0.2) is 83.6 Å². The molecule has 7 nitrogen and oxygen atoms in total. The van der Waals surface area contributed by atoms with E-state index in [1.807, 2.05) is 60.7 Å². The Balaban J connectivity index is 1.43. The van der Waals surface area contributed by atoms with Crippen LogP contribution in [0.1, 0.15) is 34.7 Å². The number of alkyl carbamates (subject to hydrolysis) is 1. The summed E-state index contributed by atoms with van der Waals surface area (Å²) in [6, 6.07) is 20.5. The number of amides is 1. The molecule has 31 heavy (non-hydrogen) atoms. The van der Waals surface area contributed by atoms with Crippen LogP contribution in [-0.2, 0) is 4.74 Å². The van der Waals surface area contributed by atoms with Gasteiger partial charge < -0.3 is 14.6 Å². The van der Waals surface area contributed by atoms with E-state index in [-0.39, 0.29) is 5.89 Å². The normalized spacial score (nSPS) is 17.4. The van der Waals surface area contributed by atoms with Gasteiger partial charge in [-0.3, -0.25) is 4.98 Å². The number of hydrogen-bond donors (Lipinski definition) is 1. The number of nitrogens with one attached hydrogen (secondary N) is 1. The van der Waals surface area contributed by atoms with Crippen LogP contribution in [0, 0.1) is 11.8 Å². The lowest BCUT2D eigenvalue weighted by Gasteiger charge is -2.14. The molecule has 0 saturated carbocycles. The van der Waals surface area contributed by atoms with Crippen molar-refractivity contribution in [2.75, 3.05) is 0 Å². The predicted octanol–water partition coefficient (Wildman–Crippen LogP) is 4.05. The summed E-state index contributed by atoms with van der Waals surface area (Å²) in [5, 5.41) is 6.82. The molecule has 2 aromatic carbocycles. The summed E-state index contributed by atoms with van der Waals surface area (Å²) < 4.78 is 10.8. The van der Waals surface area contributed by atoms with Gasteiger partial charge in [0.1, 0.15) is 6.04 Å². The molecule has 1 N–H and O–H groups in total. The molecule has 0 spiro atoms. The highest BCUT2D eigenvalue weighted by Crippen LogP contribution is 2.36. The molecule has 3 heterocycles. The second-order valence-electron chi connectivity index (χ2n) is 6.89. The van der Waals surface area contributed by atoms with Crippen molar-refractivity contribution in [3.8, 4) is 23.2 Å². The Morgan fingerprint density at radius 2 is 1.77 bits per heavy atom. The van der Waals surface area contributed by atoms with Crippen LogP contribution >= 0.6 is 0 Å². The first-order valence-corrected chi connectivity index (χ1v) is 9.64. The maximum Gasteiger partial charge on any atom is 0.408 e. The van der Waals surface area contributed by atoms with Crippen molar-refractivity contribution in [1.29, 1.82) is 0 Å². The fourth-order valence-electron chi connectivity index (χ4n) is 3.31. The van der Waals surface area contributed by atoms with E-state index in [4.69, 9.17) is 9.26 Å². The molecule has 0 aliphatic carbocycles. The van der Waals surface area contributed by atoms with Crippen molar-refractivity contribution < 1.29 is 14.1 Å². The van der Waals surface area contributed by atoms with E-state index < -0.39 is 18.2 Å². The van der Waals surface area contributed by atoms with E-state index in [9.17, 15) is 4.79 Å². The summed E-state index contributed by atoms with van der Waals surface area (Å²) in [5.41, 5.74) is 3.29. The van der Waals surface area contributed by atoms with E-state index >= 15 is 0 Å². The van der Waals surface area contributed by atoms with Gasteiger partial charge in [-0.15, -0.1) is 0 Å². The van der Waals surface area contributed by atoms with Gasteiger partial charge in [0.05, 0.1) is 0 Å². The molecule has 0 radical (unpaired) electrons. The van der Waals surface area contributed by atoms with Crippen molar-refractivity contribution >= 4 is 6.09 Å². The highest BCUT2D eigenvalue weighted by atomic mass is 16.6. The number of carbonyl (C=O) groups excluding carboxylic acids is 1. The number of ether oxygens (including phenoxy) is 1. The third kappa shape index (κ3) is 4.00. The Kier molecular flexibility index (Phi) is 4.87. The zero-order valence-electron chi connectivity index (χ0n) is 16.2. The topological polar surface area (TPSA) is 90.1 Å². The first-order valence-electron chi connectivity index (χ1n) is 9.64. The lowest BCUT2D eigenvalue weighted by Crippen LogP contribution is -2.19. The number of benzene rings is 2. The Morgan fingerprint density at radius 3 is 2.61 bits per heavy atom. The molecule has 4 aromatic rings. The molecule has 1 saturated heterocycles. The van der Waals surface area contributed by atoms with Crippen LogP contribution in [0.4, 0.5) is 4.79 Å². The number of cyclic esters (lactones) is 1. The average molecular weight is 408 g/mol. The minimum atomic E-state index is -0.747. The van der Waals surface area contributed by atoms with Gasteiger partial charge in [0, 0.05) is 29.1 Å². The zero-order chi connectivity index (χ0) is 21.0. The fraction of sp³-hybridized carbons (Fsp3) is 0.0833. The summed E-state index contributed by atoms with van der Waals surface area (Å²) >= 11 is 0. The van der Waals surface area contributed by atoms with Crippen LogP contribution in [0.2, 0.25) is 0 Å². The monoisotopic (exact) mass is 408 g/mol. The summed E-state index contributed by atoms with van der Waals surface area (Å²) in [4.78, 5) is 20.5. The number of rotatable bonds is 3. The molecule has 1 aliphatic rings. The van der Waals surface area contributed by atoms with Crippen LogP contribution in [0.3, 0.4) is 0 Å². The van der Waals surface area contributed by atoms with Crippen LogP contribution in [0.5, 0.6) is 0 Å². The van der Waals surface area contributed by atoms with Gasteiger partial charge in [0.2, 0.25) is 11.9 Å². The Morgan fingerprint density at radius 1 is 0.935 bits per heavy atom. The molecule has 0 unspecified atom stereocenters. The molecular formula is C24H16N4O3. The minimum absolute atomic E-state index is 0.211. The molecule has 7 heteroatoms. The maximum atomic E-state index is 12.0. The van der Waals surface area contributed by atoms with E-state index in [0.29, 0.717) is 11.4 Å². The van der Waals surface area contributed by atoms with Gasteiger partial charge in [-0.25, -0.2) is 4.79 Å². The molecule has 150 valence electrons. The third-order valence-electron chi connectivity index (χ3n) is 4.79. The van der Waals surface area contributed by atoms with Gasteiger partial charge >= 0.3 is 6.09 Å². The molecule has 2 atom stereocenters. The van der Waals surface area contributed by atoms with Crippen molar-refractivity contribution in [3.05, 3.63) is 102 Å². The summed E-state index contributed by atoms with van der Waals surface area (Å²) in [6.45, 7) is 0. The molecule has 1 amide bonds. The molecule has 5 rings (SSSR count). The number of nitrogens with zero attached hydrogens (tertiary/aromatic N) is 3. The van der Waals surface area contributed by atoms with Gasteiger partial charge in [0.15, 0.2) is 0 Å². The maximum absolute atomic E-state index is 12.0. The Labute approximate surface area is 178 Å². The average Bonchev–Trinajstić information content (AvgIpc) is 3.46. The van der Waals surface area contributed by atoms with Gasteiger partial charge in [-0.05, 0) is 42.0 Å². The Hall–Kier alpha value is -4.44. The molecule has 1 aliphatic heterocycles. The molecule has 2 aromatic heterocycles. The standard InChI is InChI=1S/C24H16N4O3/c29-24-26-20(18-9-4-8-17(14-18)12-11-16-6-2-1-3-7-16)21(30-24)23-27-22(28-31-23)19-10-5-13-25-15-19/h1-10,13-15,20-21H,(H,26,29)/t20-,21+/m1/s1. The van der Waals surface area contributed by atoms with E-state index in [1.54, 1.807) is 18.5 Å². The fourth-order valence-corrected chi connectivity index (χ4v) is 3.31. The van der Waals surface area contributed by atoms with Crippen LogP contribution < -0.4 is 5.32 Å². The smallest absolute Gasteiger partial charge is 0.408 e. The van der Waals surface area contributed by atoms with Crippen LogP contribution in [-0.4, -0.2) is 21.2 Å². The molecule has 0 bridgehead atoms. The first kappa shape index (κ1) is 18.6. The van der Waals surface area contributed by atoms with Crippen molar-refractivity contribution in [3.63, 3.8) is 0 Å². The van der Waals surface area contributed by atoms with Gasteiger partial charge in [-0.1, -0.05) is 47.3 Å². The lowest BCUT2D eigenvalue weighted by molar-refractivity contribution is 0.108. The van der Waals surface area contributed by atoms with Crippen molar-refractivity contribution in [2.24, 2.45) is 0 Å². The lowest BCUT2D eigenvalue weighted by atomic mass is 10.00. The van der Waals surface area contributed by atoms with Crippen LogP contribution in [0.25, 0.3) is 11.4 Å². The van der Waals surface area contributed by atoms with Crippen molar-refractivity contribution in [2.45, 2.75) is 12.1 Å². The highest BCUT2D eigenvalue weighted by molar-refractivity contribution is 5.71. The second kappa shape index (κ2) is 8.13. The van der Waals surface area contributed by atoms with E-state index in [0.717, 1.165) is 16.7 Å². The second-order valence-corrected chi connectivity index (χ2v) is 6.89.